The van der Waals surface area contributed by atoms with Crippen LogP contribution in [0.2, 0.25) is 0 Å². The molecular formula is C25H45ClN4O7S4. The molecular weight excluding hydrogens is 632 g/mol. The van der Waals surface area contributed by atoms with E-state index in [1.165, 1.54) is 23.5 Å². The summed E-state index contributed by atoms with van der Waals surface area (Å²) >= 11 is 9.48. The maximum Gasteiger partial charge on any atom is 0.221 e. The van der Waals surface area contributed by atoms with Crippen LogP contribution in [0.1, 0.15) is 65.7 Å². The third-order valence-electron chi connectivity index (χ3n) is 4.12. The largest absolute Gasteiger partial charge is 0.355 e. The van der Waals surface area contributed by atoms with Gasteiger partial charge in [0.25, 0.3) is 0 Å². The minimum atomic E-state index is -0.273. The summed E-state index contributed by atoms with van der Waals surface area (Å²) in [5, 5.41) is 5.09. The Balaban J connectivity index is -0.000000645. The van der Waals surface area contributed by atoms with Gasteiger partial charge in [0.1, 0.15) is 0 Å². The number of carbonyl (C=O) groups is 7. The van der Waals surface area contributed by atoms with Gasteiger partial charge in [-0.25, -0.2) is 0 Å². The first-order valence-corrected chi connectivity index (χ1v) is 17.5. The molecule has 0 bridgehead atoms. The average Bonchev–Trinajstić information content (AvgIpc) is 2.97. The smallest absolute Gasteiger partial charge is 0.221 e. The summed E-state index contributed by atoms with van der Waals surface area (Å²) in [6.45, 7) is 7.16. The van der Waals surface area contributed by atoms with Crippen molar-refractivity contribution in [1.29, 1.82) is 0 Å². The van der Waals surface area contributed by atoms with E-state index in [0.717, 1.165) is 23.5 Å². The predicted octanol–water partition coefficient (Wildman–Crippen LogP) is 2.70. The van der Waals surface area contributed by atoms with E-state index in [9.17, 15) is 33.6 Å². The lowest BCUT2D eigenvalue weighted by molar-refractivity contribution is -0.121. The quantitative estimate of drug-likeness (QED) is 0.115. The molecule has 0 aromatic rings. The zero-order valence-electron chi connectivity index (χ0n) is 24.1. The van der Waals surface area contributed by atoms with E-state index in [4.69, 9.17) is 23.1 Å². The summed E-state index contributed by atoms with van der Waals surface area (Å²) in [4.78, 5) is 76.8. The van der Waals surface area contributed by atoms with Crippen molar-refractivity contribution in [2.45, 2.75) is 65.7 Å². The highest BCUT2D eigenvalue weighted by Crippen LogP contribution is 2.12. The van der Waals surface area contributed by atoms with Crippen molar-refractivity contribution in [2.24, 2.45) is 11.5 Å². The topological polar surface area (TPSA) is 196 Å². The molecule has 2 amide bonds. The van der Waals surface area contributed by atoms with E-state index in [1.807, 2.05) is 0 Å². The van der Waals surface area contributed by atoms with E-state index in [0.29, 0.717) is 81.3 Å². The van der Waals surface area contributed by atoms with Crippen LogP contribution in [0.3, 0.4) is 0 Å². The van der Waals surface area contributed by atoms with Crippen LogP contribution in [0, 0.1) is 0 Å². The summed E-state index contributed by atoms with van der Waals surface area (Å²) in [6, 6.07) is 0. The standard InChI is InChI=1S/C14H24N2O4S2.C8H16N2O2S2.C3H5ClO/c1-3-11(17)15-7-9-21-13(19)5-6-14(20)22-10-8-16-12(18)4-2;9-3-5-13-7(11)1-2-8(12)14-6-4-10;1-2-3(4)5/h3-10H2,1-2H3,(H,15,17)(H,16,18);1-6,9-10H2;2H2,1H3. The second-order valence-electron chi connectivity index (χ2n) is 7.57. The Kier molecular flexibility index (Phi) is 36.1. The highest BCUT2D eigenvalue weighted by Gasteiger charge is 2.09. The molecule has 0 aliphatic heterocycles. The minimum Gasteiger partial charge on any atom is -0.355 e. The number of rotatable bonds is 19. The number of nitrogens with one attached hydrogen (secondary N) is 2. The maximum atomic E-state index is 11.6. The number of thioether (sulfide) groups is 4. The number of amides is 2. The third-order valence-corrected chi connectivity index (χ3v) is 8.19. The highest BCUT2D eigenvalue weighted by molar-refractivity contribution is 8.14. The molecule has 0 fully saturated rings. The normalized spacial score (nSPS) is 9.80. The van der Waals surface area contributed by atoms with Crippen LogP contribution >= 0.6 is 58.6 Å². The fraction of sp³-hybridized carbons (Fsp3) is 0.720. The van der Waals surface area contributed by atoms with E-state index >= 15 is 0 Å². The molecule has 0 atom stereocenters. The van der Waals surface area contributed by atoms with Crippen molar-refractivity contribution in [2.75, 3.05) is 49.2 Å². The van der Waals surface area contributed by atoms with Crippen LogP contribution in [-0.2, 0) is 33.6 Å². The molecule has 0 rings (SSSR count). The molecule has 0 unspecified atom stereocenters. The van der Waals surface area contributed by atoms with Crippen molar-refractivity contribution in [3.63, 3.8) is 0 Å². The van der Waals surface area contributed by atoms with Crippen LogP contribution in [0.4, 0.5) is 0 Å². The highest BCUT2D eigenvalue weighted by atomic mass is 35.5. The van der Waals surface area contributed by atoms with E-state index in [-0.39, 0.29) is 50.4 Å². The lowest BCUT2D eigenvalue weighted by Crippen LogP contribution is -2.25. The Morgan fingerprint density at radius 2 is 0.805 bits per heavy atom. The van der Waals surface area contributed by atoms with Crippen molar-refractivity contribution in [3.8, 4) is 0 Å². The first-order valence-electron chi connectivity index (χ1n) is 13.2. The maximum absolute atomic E-state index is 11.6. The molecule has 238 valence electrons. The zero-order chi connectivity index (χ0) is 31.9. The fourth-order valence-electron chi connectivity index (χ4n) is 2.00. The van der Waals surface area contributed by atoms with Crippen LogP contribution in [-0.4, -0.2) is 86.7 Å². The first kappa shape index (κ1) is 44.3. The molecule has 6 N–H and O–H groups in total. The second-order valence-corrected chi connectivity index (χ2v) is 12.6. The number of nitrogens with two attached hydrogens (primary N) is 2. The van der Waals surface area contributed by atoms with Gasteiger partial charge in [-0.05, 0) is 11.6 Å². The predicted molar refractivity (Wildman–Crippen MR) is 174 cm³/mol. The Morgan fingerprint density at radius 3 is 1.02 bits per heavy atom. The monoisotopic (exact) mass is 676 g/mol. The third kappa shape index (κ3) is 38.9. The van der Waals surface area contributed by atoms with Gasteiger partial charge in [-0.15, -0.1) is 0 Å². The van der Waals surface area contributed by atoms with Gasteiger partial charge >= 0.3 is 0 Å². The Hall–Kier alpha value is -1.10. The molecule has 16 heteroatoms. The average molecular weight is 677 g/mol. The first-order chi connectivity index (χ1) is 19.5. The lowest BCUT2D eigenvalue weighted by atomic mass is 10.4. The van der Waals surface area contributed by atoms with Gasteiger partial charge in [0.05, 0.1) is 0 Å². The molecule has 0 saturated heterocycles. The van der Waals surface area contributed by atoms with Crippen LogP contribution in [0.15, 0.2) is 0 Å². The van der Waals surface area contributed by atoms with Crippen molar-refractivity contribution >= 4 is 96.2 Å². The Bertz CT molecular complexity index is 737. The van der Waals surface area contributed by atoms with Crippen LogP contribution in [0.25, 0.3) is 0 Å². The molecule has 0 saturated carbocycles. The molecule has 41 heavy (non-hydrogen) atoms. The molecule has 0 radical (unpaired) electrons. The van der Waals surface area contributed by atoms with Gasteiger partial charge in [-0.2, -0.15) is 0 Å². The lowest BCUT2D eigenvalue weighted by Gasteiger charge is -2.04. The molecule has 0 spiro atoms. The molecule has 0 aliphatic rings. The van der Waals surface area contributed by atoms with Gasteiger partial charge < -0.3 is 22.1 Å². The van der Waals surface area contributed by atoms with Gasteiger partial charge in [-0.3, -0.25) is 33.6 Å². The second kappa shape index (κ2) is 33.4. The number of hydrogen-bond donors (Lipinski definition) is 4. The SMILES string of the molecule is CCC(=O)Cl.CCC(=O)NCCSC(=O)CCC(=O)SCCNC(=O)CC.NCCSC(=O)CCC(=O)SCCN. The molecule has 0 aliphatic carbocycles. The Labute approximate surface area is 265 Å². The van der Waals surface area contributed by atoms with Crippen LogP contribution in [0.5, 0.6) is 0 Å². The fourth-order valence-corrected chi connectivity index (χ4v) is 4.54. The van der Waals surface area contributed by atoms with Crippen molar-refractivity contribution in [1.82, 2.24) is 10.6 Å². The summed E-state index contributed by atoms with van der Waals surface area (Å²) in [5.74, 6) is 2.24. The van der Waals surface area contributed by atoms with Gasteiger partial charge in [0.15, 0.2) is 20.5 Å². The molecule has 0 aromatic heterocycles. The Morgan fingerprint density at radius 1 is 0.537 bits per heavy atom. The summed E-state index contributed by atoms with van der Waals surface area (Å²) in [5.41, 5.74) is 10.5. The van der Waals surface area contributed by atoms with Crippen molar-refractivity contribution < 1.29 is 33.6 Å². The zero-order valence-corrected chi connectivity index (χ0v) is 28.2. The summed E-state index contributed by atoms with van der Waals surface area (Å²) in [6.07, 6.45) is 2.33. The molecule has 11 nitrogen and oxygen atoms in total. The summed E-state index contributed by atoms with van der Waals surface area (Å²) in [7, 11) is 0. The molecule has 0 heterocycles. The number of carbonyl (C=O) groups excluding carboxylic acids is 7. The van der Waals surface area contributed by atoms with E-state index in [1.54, 1.807) is 20.8 Å². The summed E-state index contributed by atoms with van der Waals surface area (Å²) < 4.78 is 0. The van der Waals surface area contributed by atoms with E-state index < -0.39 is 0 Å². The number of halogens is 1. The molecule has 0 aromatic carbocycles. The number of hydrogen-bond acceptors (Lipinski definition) is 13. The van der Waals surface area contributed by atoms with Crippen molar-refractivity contribution in [3.05, 3.63) is 0 Å². The van der Waals surface area contributed by atoms with Gasteiger partial charge in [0, 0.05) is 94.1 Å². The minimum absolute atomic E-state index is 0.0326. The van der Waals surface area contributed by atoms with Gasteiger partial charge in [-0.1, -0.05) is 67.8 Å². The van der Waals surface area contributed by atoms with Crippen LogP contribution < -0.4 is 22.1 Å². The van der Waals surface area contributed by atoms with Gasteiger partial charge in [0.2, 0.25) is 17.1 Å². The van der Waals surface area contributed by atoms with E-state index in [2.05, 4.69) is 10.6 Å².